The summed E-state index contributed by atoms with van der Waals surface area (Å²) in [6.07, 6.45) is 1.75. The van der Waals surface area contributed by atoms with Crippen molar-refractivity contribution in [2.75, 3.05) is 20.1 Å². The van der Waals surface area contributed by atoms with Crippen LogP contribution in [0.3, 0.4) is 0 Å². The molecule has 84 valence electrons. The number of amides is 1. The fourth-order valence-corrected chi connectivity index (χ4v) is 1.18. The molecule has 0 atom stereocenters. The maximum Gasteiger partial charge on any atom is 0.236 e. The number of hydrogen-bond acceptors (Lipinski definition) is 3. The third kappa shape index (κ3) is 3.36. The lowest BCUT2D eigenvalue weighted by Gasteiger charge is -2.14. The molecule has 0 aliphatic rings. The average Bonchev–Trinajstić information content (AvgIpc) is 2.63. The second-order valence-electron chi connectivity index (χ2n) is 3.46. The van der Waals surface area contributed by atoms with Crippen molar-refractivity contribution in [3.63, 3.8) is 0 Å². The molecule has 0 radical (unpaired) electrons. The van der Waals surface area contributed by atoms with E-state index in [1.807, 2.05) is 20.0 Å². The highest BCUT2D eigenvalue weighted by atomic mass is 16.2. The summed E-state index contributed by atoms with van der Waals surface area (Å²) in [4.78, 5) is 13.1. The summed E-state index contributed by atoms with van der Waals surface area (Å²) in [5.74, 6) is 0.111. The minimum Gasteiger partial charge on any atom is -0.345 e. The highest BCUT2D eigenvalue weighted by Crippen LogP contribution is 1.94. The van der Waals surface area contributed by atoms with E-state index >= 15 is 0 Å². The van der Waals surface area contributed by atoms with Crippen LogP contribution in [0.1, 0.15) is 12.6 Å². The molecule has 0 aliphatic heterocycles. The molecule has 1 amide bonds. The van der Waals surface area contributed by atoms with Gasteiger partial charge in [-0.3, -0.25) is 9.48 Å². The van der Waals surface area contributed by atoms with E-state index < -0.39 is 0 Å². The maximum atomic E-state index is 11.4. The number of aromatic nitrogens is 2. The van der Waals surface area contributed by atoms with Crippen LogP contribution in [0.15, 0.2) is 12.3 Å². The van der Waals surface area contributed by atoms with Crippen molar-refractivity contribution in [2.45, 2.75) is 13.5 Å². The molecule has 0 unspecified atom stereocenters. The quantitative estimate of drug-likeness (QED) is 0.743. The number of rotatable bonds is 5. The predicted molar refractivity (Wildman–Crippen MR) is 58.2 cm³/mol. The van der Waals surface area contributed by atoms with Gasteiger partial charge in [0.25, 0.3) is 0 Å². The van der Waals surface area contributed by atoms with Crippen LogP contribution in [-0.2, 0) is 18.4 Å². The van der Waals surface area contributed by atoms with Gasteiger partial charge in [-0.05, 0) is 13.0 Å². The van der Waals surface area contributed by atoms with E-state index in [0.717, 1.165) is 12.2 Å². The van der Waals surface area contributed by atoms with E-state index in [9.17, 15) is 4.79 Å². The Bertz CT molecular complexity index is 321. The molecule has 5 heteroatoms. The first-order valence-corrected chi connectivity index (χ1v) is 5.06. The Morgan fingerprint density at radius 3 is 2.93 bits per heavy atom. The standard InChI is InChI=1S/C10H18N4O/c1-4-13(2)10(15)8-11-7-9-5-6-12-14(9)3/h5-6,11H,4,7-8H2,1-3H3. The Morgan fingerprint density at radius 1 is 1.67 bits per heavy atom. The summed E-state index contributed by atoms with van der Waals surface area (Å²) in [7, 11) is 3.69. The normalized spacial score (nSPS) is 10.3. The Kier molecular flexibility index (Phi) is 4.30. The number of nitrogens with zero attached hydrogens (tertiary/aromatic N) is 3. The van der Waals surface area contributed by atoms with Crippen molar-refractivity contribution in [2.24, 2.45) is 7.05 Å². The summed E-state index contributed by atoms with van der Waals surface area (Å²) >= 11 is 0. The van der Waals surface area contributed by atoms with Crippen molar-refractivity contribution in [1.29, 1.82) is 0 Å². The first-order valence-electron chi connectivity index (χ1n) is 5.06. The Labute approximate surface area is 90.1 Å². The topological polar surface area (TPSA) is 50.2 Å². The van der Waals surface area contributed by atoms with Gasteiger partial charge in [-0.25, -0.2) is 0 Å². The molecule has 0 fully saturated rings. The van der Waals surface area contributed by atoms with E-state index in [2.05, 4.69) is 10.4 Å². The summed E-state index contributed by atoms with van der Waals surface area (Å²) in [5, 5.41) is 7.14. The molecule has 1 N–H and O–H groups in total. The van der Waals surface area contributed by atoms with Gasteiger partial charge in [-0.1, -0.05) is 0 Å². The lowest BCUT2D eigenvalue weighted by Crippen LogP contribution is -2.35. The summed E-state index contributed by atoms with van der Waals surface area (Å²) in [6.45, 7) is 3.74. The van der Waals surface area contributed by atoms with E-state index in [4.69, 9.17) is 0 Å². The first kappa shape index (κ1) is 11.7. The smallest absolute Gasteiger partial charge is 0.236 e. The van der Waals surface area contributed by atoms with E-state index in [-0.39, 0.29) is 5.91 Å². The van der Waals surface area contributed by atoms with Gasteiger partial charge in [0.1, 0.15) is 0 Å². The third-order valence-electron chi connectivity index (χ3n) is 2.40. The number of hydrogen-bond donors (Lipinski definition) is 1. The summed E-state index contributed by atoms with van der Waals surface area (Å²) in [6, 6.07) is 1.93. The van der Waals surface area contributed by atoms with Crippen LogP contribution in [-0.4, -0.2) is 40.7 Å². The van der Waals surface area contributed by atoms with Gasteiger partial charge >= 0.3 is 0 Å². The Hall–Kier alpha value is -1.36. The molecule has 15 heavy (non-hydrogen) atoms. The lowest BCUT2D eigenvalue weighted by molar-refractivity contribution is -0.128. The zero-order chi connectivity index (χ0) is 11.3. The number of carbonyl (C=O) groups excluding carboxylic acids is 1. The monoisotopic (exact) mass is 210 g/mol. The van der Waals surface area contributed by atoms with Gasteiger partial charge in [-0.2, -0.15) is 5.10 Å². The zero-order valence-corrected chi connectivity index (χ0v) is 9.53. The van der Waals surface area contributed by atoms with Crippen LogP contribution in [0.25, 0.3) is 0 Å². The molecule has 0 aliphatic carbocycles. The van der Waals surface area contributed by atoms with Gasteiger partial charge in [0.05, 0.1) is 12.2 Å². The number of nitrogens with one attached hydrogen (secondary N) is 1. The van der Waals surface area contributed by atoms with E-state index in [1.54, 1.807) is 22.8 Å². The number of aryl methyl sites for hydroxylation is 1. The second-order valence-corrected chi connectivity index (χ2v) is 3.46. The molecule has 1 aromatic heterocycles. The molecule has 0 bridgehead atoms. The van der Waals surface area contributed by atoms with Gasteiger partial charge in [0.15, 0.2) is 0 Å². The van der Waals surface area contributed by atoms with Gasteiger partial charge in [0.2, 0.25) is 5.91 Å². The fourth-order valence-electron chi connectivity index (χ4n) is 1.18. The zero-order valence-electron chi connectivity index (χ0n) is 9.53. The molecule has 0 saturated carbocycles. The number of carbonyl (C=O) groups is 1. The van der Waals surface area contributed by atoms with Gasteiger partial charge in [0, 0.05) is 33.4 Å². The predicted octanol–water partition coefficient (Wildman–Crippen LogP) is -0.0120. The highest BCUT2D eigenvalue weighted by Gasteiger charge is 2.05. The molecular formula is C10H18N4O. The van der Waals surface area contributed by atoms with Gasteiger partial charge < -0.3 is 10.2 Å². The largest absolute Gasteiger partial charge is 0.345 e. The molecule has 5 nitrogen and oxygen atoms in total. The Morgan fingerprint density at radius 2 is 2.40 bits per heavy atom. The molecule has 1 rings (SSSR count). The van der Waals surface area contributed by atoms with Crippen LogP contribution in [0.2, 0.25) is 0 Å². The van der Waals surface area contributed by atoms with Crippen molar-refractivity contribution in [1.82, 2.24) is 20.0 Å². The van der Waals surface area contributed by atoms with Crippen molar-refractivity contribution in [3.05, 3.63) is 18.0 Å². The third-order valence-corrected chi connectivity index (χ3v) is 2.40. The molecule has 1 heterocycles. The molecule has 0 spiro atoms. The lowest BCUT2D eigenvalue weighted by atomic mass is 10.4. The number of likely N-dealkylation sites (N-methyl/N-ethyl adjacent to an activating group) is 1. The summed E-state index contributed by atoms with van der Waals surface area (Å²) in [5.41, 5.74) is 1.07. The molecule has 1 aromatic rings. The van der Waals surface area contributed by atoms with Crippen LogP contribution < -0.4 is 5.32 Å². The van der Waals surface area contributed by atoms with Crippen LogP contribution in [0, 0.1) is 0 Å². The molecular weight excluding hydrogens is 192 g/mol. The SMILES string of the molecule is CCN(C)C(=O)CNCc1ccnn1C. The van der Waals surface area contributed by atoms with Crippen LogP contribution in [0.5, 0.6) is 0 Å². The summed E-state index contributed by atoms with van der Waals surface area (Å²) < 4.78 is 1.79. The Balaban J connectivity index is 2.28. The van der Waals surface area contributed by atoms with E-state index in [1.165, 1.54) is 0 Å². The molecule has 0 saturated heterocycles. The minimum absolute atomic E-state index is 0.111. The van der Waals surface area contributed by atoms with Crippen molar-refractivity contribution < 1.29 is 4.79 Å². The van der Waals surface area contributed by atoms with E-state index in [0.29, 0.717) is 13.1 Å². The average molecular weight is 210 g/mol. The highest BCUT2D eigenvalue weighted by molar-refractivity contribution is 5.77. The van der Waals surface area contributed by atoms with Gasteiger partial charge in [-0.15, -0.1) is 0 Å². The van der Waals surface area contributed by atoms with Crippen LogP contribution in [0.4, 0.5) is 0 Å². The molecule has 0 aromatic carbocycles. The van der Waals surface area contributed by atoms with Crippen molar-refractivity contribution >= 4 is 5.91 Å². The minimum atomic E-state index is 0.111. The first-order chi connectivity index (χ1) is 7.15. The van der Waals surface area contributed by atoms with Crippen molar-refractivity contribution in [3.8, 4) is 0 Å². The maximum absolute atomic E-state index is 11.4. The fraction of sp³-hybridized carbons (Fsp3) is 0.600. The van der Waals surface area contributed by atoms with Crippen LogP contribution >= 0.6 is 0 Å². The second kappa shape index (κ2) is 5.50.